The fourth-order valence-electron chi connectivity index (χ4n) is 4.68. The van der Waals surface area contributed by atoms with E-state index < -0.39 is 23.6 Å². The number of aliphatic hydroxyl groups excluding tert-OH is 1. The maximum absolute atomic E-state index is 14.1. The van der Waals surface area contributed by atoms with E-state index in [1.54, 1.807) is 0 Å². The molecule has 0 saturated carbocycles. The molecule has 35 heavy (non-hydrogen) atoms. The number of hydrogen-bond donors (Lipinski definition) is 1. The topological polar surface area (TPSA) is 82.7 Å². The molecule has 7 nitrogen and oxygen atoms in total. The van der Waals surface area contributed by atoms with Crippen molar-refractivity contribution in [3.8, 4) is 0 Å². The third kappa shape index (κ3) is 5.16. The second-order valence-corrected chi connectivity index (χ2v) is 9.04. The SMILES string of the molecule is Cc1ccc2cc(F)nc(N3CCN(CC(O)CCc4nc(=O)oc5ccc(F)cc45)CC3)c2c1. The highest BCUT2D eigenvalue weighted by atomic mass is 19.1. The van der Waals surface area contributed by atoms with E-state index in [0.29, 0.717) is 62.5 Å². The minimum atomic E-state index is -0.738. The first-order valence-electron chi connectivity index (χ1n) is 11.7. The summed E-state index contributed by atoms with van der Waals surface area (Å²) in [5.41, 5.74) is 1.79. The van der Waals surface area contributed by atoms with Crippen LogP contribution in [0.1, 0.15) is 17.7 Å². The summed E-state index contributed by atoms with van der Waals surface area (Å²) in [5.74, 6) is -1.02. The van der Waals surface area contributed by atoms with Crippen LogP contribution in [0.5, 0.6) is 0 Å². The molecule has 1 atom stereocenters. The van der Waals surface area contributed by atoms with E-state index in [2.05, 4.69) is 19.8 Å². The third-order valence-corrected chi connectivity index (χ3v) is 6.47. The summed E-state index contributed by atoms with van der Waals surface area (Å²) in [7, 11) is 0. The van der Waals surface area contributed by atoms with E-state index in [-0.39, 0.29) is 5.58 Å². The molecule has 182 valence electrons. The maximum Gasteiger partial charge on any atom is 0.439 e. The van der Waals surface area contributed by atoms with Gasteiger partial charge < -0.3 is 14.4 Å². The number of halogens is 2. The first-order valence-corrected chi connectivity index (χ1v) is 11.7. The summed E-state index contributed by atoms with van der Waals surface area (Å²) >= 11 is 0. The van der Waals surface area contributed by atoms with Gasteiger partial charge in [-0.05, 0) is 49.4 Å². The van der Waals surface area contributed by atoms with Crippen LogP contribution in [0.2, 0.25) is 0 Å². The molecule has 2 aromatic carbocycles. The molecule has 0 aliphatic carbocycles. The fraction of sp³-hybridized carbons (Fsp3) is 0.346. The molecule has 1 aliphatic rings. The van der Waals surface area contributed by atoms with Gasteiger partial charge in [-0.15, -0.1) is 0 Å². The van der Waals surface area contributed by atoms with Gasteiger partial charge >= 0.3 is 5.76 Å². The molecular weight excluding hydrogens is 454 g/mol. The van der Waals surface area contributed by atoms with E-state index in [4.69, 9.17) is 4.42 Å². The minimum absolute atomic E-state index is 0.278. The van der Waals surface area contributed by atoms with Gasteiger partial charge in [0.05, 0.1) is 11.8 Å². The van der Waals surface area contributed by atoms with E-state index >= 15 is 0 Å². The number of aromatic nitrogens is 2. The van der Waals surface area contributed by atoms with Gasteiger partial charge in [0.25, 0.3) is 0 Å². The lowest BCUT2D eigenvalue weighted by Gasteiger charge is -2.36. The highest BCUT2D eigenvalue weighted by Gasteiger charge is 2.22. The first kappa shape index (κ1) is 23.3. The molecule has 4 aromatic rings. The number of hydrogen-bond acceptors (Lipinski definition) is 7. The number of piperazine rings is 1. The Labute approximate surface area is 200 Å². The zero-order chi connectivity index (χ0) is 24.5. The molecule has 9 heteroatoms. The largest absolute Gasteiger partial charge is 0.439 e. The summed E-state index contributed by atoms with van der Waals surface area (Å²) in [6.45, 7) is 5.18. The molecule has 2 aromatic heterocycles. The number of anilines is 1. The van der Waals surface area contributed by atoms with Crippen LogP contribution in [-0.2, 0) is 6.42 Å². The number of benzene rings is 2. The number of β-amino-alcohol motifs (C(OH)–C–C–N with tert-alkyl or cyclic N) is 1. The molecule has 3 heterocycles. The monoisotopic (exact) mass is 480 g/mol. The molecule has 1 fully saturated rings. The zero-order valence-corrected chi connectivity index (χ0v) is 19.4. The lowest BCUT2D eigenvalue weighted by atomic mass is 10.1. The number of rotatable bonds is 6. The van der Waals surface area contributed by atoms with Crippen LogP contribution in [0, 0.1) is 18.7 Å². The minimum Gasteiger partial charge on any atom is -0.408 e. The van der Waals surface area contributed by atoms with Gasteiger partial charge in [-0.25, -0.2) is 14.2 Å². The van der Waals surface area contributed by atoms with Crippen molar-refractivity contribution >= 4 is 27.6 Å². The van der Waals surface area contributed by atoms with E-state index in [0.717, 1.165) is 16.3 Å². The number of nitrogens with zero attached hydrogens (tertiary/aromatic N) is 4. The molecule has 1 unspecified atom stereocenters. The predicted octanol–water partition coefficient (Wildman–Crippen LogP) is 3.44. The Morgan fingerprint density at radius 1 is 1.03 bits per heavy atom. The Morgan fingerprint density at radius 2 is 1.83 bits per heavy atom. The van der Waals surface area contributed by atoms with Crippen LogP contribution in [0.15, 0.2) is 51.7 Å². The lowest BCUT2D eigenvalue weighted by Crippen LogP contribution is -2.49. The number of aliphatic hydroxyl groups is 1. The Morgan fingerprint density at radius 3 is 2.63 bits per heavy atom. The van der Waals surface area contributed by atoms with Crippen molar-refractivity contribution < 1.29 is 18.3 Å². The average molecular weight is 481 g/mol. The second kappa shape index (κ2) is 9.67. The molecule has 1 saturated heterocycles. The molecule has 5 rings (SSSR count). The molecule has 0 bridgehead atoms. The summed E-state index contributed by atoms with van der Waals surface area (Å²) < 4.78 is 32.8. The van der Waals surface area contributed by atoms with Gasteiger partial charge in [0.1, 0.15) is 17.2 Å². The Balaban J connectivity index is 1.21. The second-order valence-electron chi connectivity index (χ2n) is 9.04. The molecule has 0 amide bonds. The predicted molar refractivity (Wildman–Crippen MR) is 130 cm³/mol. The summed E-state index contributed by atoms with van der Waals surface area (Å²) in [6, 6.07) is 11.3. The standard InChI is InChI=1S/C26H26F2N4O3/c1-16-2-3-17-13-24(28)30-25(20(17)12-16)32-10-8-31(9-11-32)15-19(33)5-6-22-21-14-18(27)4-7-23(21)35-26(34)29-22/h2-4,7,12-14,19,33H,5-6,8-11,15H2,1H3. The van der Waals surface area contributed by atoms with Crippen molar-refractivity contribution in [2.24, 2.45) is 0 Å². The molecular formula is C26H26F2N4O3. The molecule has 0 radical (unpaired) electrons. The Hall–Kier alpha value is -3.43. The van der Waals surface area contributed by atoms with Crippen LogP contribution >= 0.6 is 0 Å². The van der Waals surface area contributed by atoms with Crippen molar-refractivity contribution in [1.82, 2.24) is 14.9 Å². The van der Waals surface area contributed by atoms with E-state index in [1.807, 2.05) is 25.1 Å². The van der Waals surface area contributed by atoms with Gasteiger partial charge in [-0.2, -0.15) is 9.37 Å². The molecule has 1 aliphatic heterocycles. The average Bonchev–Trinajstić information content (AvgIpc) is 2.83. The van der Waals surface area contributed by atoms with E-state index in [1.165, 1.54) is 24.3 Å². The summed E-state index contributed by atoms with van der Waals surface area (Å²) in [5, 5.41) is 12.8. The fourth-order valence-corrected chi connectivity index (χ4v) is 4.68. The smallest absolute Gasteiger partial charge is 0.408 e. The van der Waals surface area contributed by atoms with Crippen LogP contribution < -0.4 is 10.7 Å². The quantitative estimate of drug-likeness (QED) is 0.424. The van der Waals surface area contributed by atoms with Crippen molar-refractivity contribution in [2.45, 2.75) is 25.9 Å². The van der Waals surface area contributed by atoms with Crippen LogP contribution in [0.4, 0.5) is 14.6 Å². The van der Waals surface area contributed by atoms with Crippen molar-refractivity contribution in [2.75, 3.05) is 37.6 Å². The van der Waals surface area contributed by atoms with Crippen LogP contribution in [0.3, 0.4) is 0 Å². The van der Waals surface area contributed by atoms with Crippen LogP contribution in [-0.4, -0.2) is 58.8 Å². The van der Waals surface area contributed by atoms with Gasteiger partial charge in [0, 0.05) is 49.6 Å². The molecule has 0 spiro atoms. The normalized spacial score (nSPS) is 15.7. The zero-order valence-electron chi connectivity index (χ0n) is 19.4. The number of aryl methyl sites for hydroxylation is 2. The van der Waals surface area contributed by atoms with Crippen molar-refractivity contribution in [3.63, 3.8) is 0 Å². The first-order chi connectivity index (χ1) is 16.9. The van der Waals surface area contributed by atoms with Gasteiger partial charge in [0.15, 0.2) is 0 Å². The van der Waals surface area contributed by atoms with Gasteiger partial charge in [-0.1, -0.05) is 17.7 Å². The van der Waals surface area contributed by atoms with Crippen LogP contribution in [0.25, 0.3) is 21.7 Å². The van der Waals surface area contributed by atoms with Gasteiger partial charge in [-0.3, -0.25) is 4.90 Å². The van der Waals surface area contributed by atoms with E-state index in [9.17, 15) is 18.7 Å². The number of pyridine rings is 1. The lowest BCUT2D eigenvalue weighted by molar-refractivity contribution is 0.102. The van der Waals surface area contributed by atoms with Crippen molar-refractivity contribution in [3.05, 3.63) is 76.0 Å². The maximum atomic E-state index is 14.1. The third-order valence-electron chi connectivity index (χ3n) is 6.47. The highest BCUT2D eigenvalue weighted by molar-refractivity contribution is 5.92. The number of fused-ring (bicyclic) bond motifs is 2. The van der Waals surface area contributed by atoms with Crippen molar-refractivity contribution in [1.29, 1.82) is 0 Å². The Kier molecular flexibility index (Phi) is 6.44. The highest BCUT2D eigenvalue weighted by Crippen LogP contribution is 2.27. The Bertz CT molecular complexity index is 1430. The molecule has 1 N–H and O–H groups in total. The summed E-state index contributed by atoms with van der Waals surface area (Å²) in [4.78, 5) is 24.0. The van der Waals surface area contributed by atoms with Gasteiger partial charge in [0.2, 0.25) is 5.95 Å². The summed E-state index contributed by atoms with van der Waals surface area (Å²) in [6.07, 6.45) is 0.0538.